The van der Waals surface area contributed by atoms with Gasteiger partial charge in [0.15, 0.2) is 0 Å². The second-order valence-electron chi connectivity index (χ2n) is 7.70. The topological polar surface area (TPSA) is 48.5 Å². The molecule has 25 heavy (non-hydrogen) atoms. The lowest BCUT2D eigenvalue weighted by Gasteiger charge is -2.33. The van der Waals surface area contributed by atoms with E-state index >= 15 is 0 Å². The average molecular weight is 345 g/mol. The van der Waals surface area contributed by atoms with Gasteiger partial charge in [0.05, 0.1) is 5.56 Å². The molecule has 1 saturated heterocycles. The van der Waals surface area contributed by atoms with E-state index in [1.165, 1.54) is 32.1 Å². The van der Waals surface area contributed by atoms with E-state index in [9.17, 15) is 4.79 Å². The molecule has 3 rings (SSSR count). The van der Waals surface area contributed by atoms with Gasteiger partial charge in [-0.25, -0.2) is 4.98 Å². The maximum atomic E-state index is 12.8. The Morgan fingerprint density at radius 2 is 1.88 bits per heavy atom. The molecule has 0 aromatic carbocycles. The van der Waals surface area contributed by atoms with Crippen molar-refractivity contribution < 1.29 is 4.79 Å². The first-order valence-corrected chi connectivity index (χ1v) is 9.89. The van der Waals surface area contributed by atoms with E-state index in [4.69, 9.17) is 0 Å². The van der Waals surface area contributed by atoms with E-state index in [0.29, 0.717) is 11.6 Å². The first-order valence-electron chi connectivity index (χ1n) is 9.89. The second kappa shape index (κ2) is 8.65. The smallest absolute Gasteiger partial charge is 0.255 e. The SMILES string of the molecule is CC(C)Nc1ccc(C(=O)N2CCCN(C3CCCCC3)CC2)cn1. The minimum Gasteiger partial charge on any atom is -0.368 e. The Balaban J connectivity index is 1.57. The number of carbonyl (C=O) groups is 1. The quantitative estimate of drug-likeness (QED) is 0.910. The van der Waals surface area contributed by atoms with Gasteiger partial charge < -0.3 is 10.2 Å². The number of nitrogens with one attached hydrogen (secondary N) is 1. The van der Waals surface area contributed by atoms with Crippen LogP contribution in [0.3, 0.4) is 0 Å². The number of hydrogen-bond acceptors (Lipinski definition) is 4. The zero-order valence-corrected chi connectivity index (χ0v) is 15.7. The summed E-state index contributed by atoms with van der Waals surface area (Å²) in [6.45, 7) is 7.99. The molecule has 1 saturated carbocycles. The van der Waals surface area contributed by atoms with E-state index in [2.05, 4.69) is 29.0 Å². The summed E-state index contributed by atoms with van der Waals surface area (Å²) in [5, 5.41) is 3.26. The van der Waals surface area contributed by atoms with Crippen LogP contribution in [0.2, 0.25) is 0 Å². The normalized spacial score (nSPS) is 20.5. The number of hydrogen-bond donors (Lipinski definition) is 1. The summed E-state index contributed by atoms with van der Waals surface area (Å²) in [5.74, 6) is 0.944. The van der Waals surface area contributed by atoms with Crippen LogP contribution in [0, 0.1) is 0 Å². The van der Waals surface area contributed by atoms with Crippen LogP contribution in [-0.2, 0) is 0 Å². The maximum Gasteiger partial charge on any atom is 0.255 e. The van der Waals surface area contributed by atoms with Gasteiger partial charge in [-0.1, -0.05) is 19.3 Å². The summed E-state index contributed by atoms with van der Waals surface area (Å²) in [6.07, 6.45) is 9.58. The summed E-state index contributed by atoms with van der Waals surface area (Å²) in [6, 6.07) is 4.88. The Bertz CT molecular complexity index is 551. The molecule has 2 aliphatic rings. The fourth-order valence-electron chi connectivity index (χ4n) is 4.04. The van der Waals surface area contributed by atoms with Gasteiger partial charge in [-0.2, -0.15) is 0 Å². The molecule has 138 valence electrons. The van der Waals surface area contributed by atoms with E-state index in [1.807, 2.05) is 17.0 Å². The van der Waals surface area contributed by atoms with Crippen LogP contribution < -0.4 is 5.32 Å². The van der Waals surface area contributed by atoms with Crippen molar-refractivity contribution in [2.75, 3.05) is 31.5 Å². The van der Waals surface area contributed by atoms with Crippen molar-refractivity contribution in [1.29, 1.82) is 0 Å². The van der Waals surface area contributed by atoms with Crippen LogP contribution in [0.4, 0.5) is 5.82 Å². The molecule has 0 unspecified atom stereocenters. The molecule has 5 heteroatoms. The minimum absolute atomic E-state index is 0.120. The highest BCUT2D eigenvalue weighted by Gasteiger charge is 2.25. The van der Waals surface area contributed by atoms with Gasteiger partial charge in [0.25, 0.3) is 5.91 Å². The highest BCUT2D eigenvalue weighted by molar-refractivity contribution is 5.94. The summed E-state index contributed by atoms with van der Waals surface area (Å²) >= 11 is 0. The Hall–Kier alpha value is -1.62. The molecule has 5 nitrogen and oxygen atoms in total. The number of amides is 1. The van der Waals surface area contributed by atoms with Crippen molar-refractivity contribution in [2.24, 2.45) is 0 Å². The fraction of sp³-hybridized carbons (Fsp3) is 0.700. The Labute approximate surface area is 151 Å². The summed E-state index contributed by atoms with van der Waals surface area (Å²) < 4.78 is 0. The minimum atomic E-state index is 0.120. The maximum absolute atomic E-state index is 12.8. The lowest BCUT2D eigenvalue weighted by atomic mass is 9.94. The monoisotopic (exact) mass is 344 g/mol. The van der Waals surface area contributed by atoms with Crippen LogP contribution in [0.5, 0.6) is 0 Å². The molecule has 1 aromatic heterocycles. The van der Waals surface area contributed by atoms with Crippen molar-refractivity contribution in [3.05, 3.63) is 23.9 Å². The lowest BCUT2D eigenvalue weighted by molar-refractivity contribution is 0.0754. The van der Waals surface area contributed by atoms with E-state index in [1.54, 1.807) is 6.20 Å². The predicted molar refractivity (Wildman–Crippen MR) is 102 cm³/mol. The third-order valence-corrected chi connectivity index (χ3v) is 5.36. The molecular formula is C20H32N4O. The van der Waals surface area contributed by atoms with Gasteiger partial charge in [-0.05, 0) is 45.2 Å². The van der Waals surface area contributed by atoms with Crippen molar-refractivity contribution >= 4 is 11.7 Å². The zero-order chi connectivity index (χ0) is 17.6. The van der Waals surface area contributed by atoms with Gasteiger partial charge in [0.1, 0.15) is 5.82 Å². The second-order valence-corrected chi connectivity index (χ2v) is 7.70. The fourth-order valence-corrected chi connectivity index (χ4v) is 4.04. The molecule has 0 radical (unpaired) electrons. The van der Waals surface area contributed by atoms with E-state index in [-0.39, 0.29) is 5.91 Å². The average Bonchev–Trinajstić information content (AvgIpc) is 2.88. The molecule has 0 atom stereocenters. The van der Waals surface area contributed by atoms with Crippen LogP contribution in [0.15, 0.2) is 18.3 Å². The van der Waals surface area contributed by atoms with Crippen molar-refractivity contribution in [3.63, 3.8) is 0 Å². The molecule has 1 aliphatic carbocycles. The highest BCUT2D eigenvalue weighted by atomic mass is 16.2. The zero-order valence-electron chi connectivity index (χ0n) is 15.7. The largest absolute Gasteiger partial charge is 0.368 e. The number of rotatable bonds is 4. The Morgan fingerprint density at radius 1 is 1.08 bits per heavy atom. The molecule has 1 aliphatic heterocycles. The number of aromatic nitrogens is 1. The molecule has 0 bridgehead atoms. The van der Waals surface area contributed by atoms with E-state index in [0.717, 1.165) is 44.5 Å². The predicted octanol–water partition coefficient (Wildman–Crippen LogP) is 3.38. The first-order chi connectivity index (χ1) is 12.1. The summed E-state index contributed by atoms with van der Waals surface area (Å²) in [7, 11) is 0. The van der Waals surface area contributed by atoms with E-state index < -0.39 is 0 Å². The first kappa shape index (κ1) is 18.2. The molecule has 2 fully saturated rings. The van der Waals surface area contributed by atoms with Gasteiger partial charge in [0, 0.05) is 44.5 Å². The third kappa shape index (κ3) is 4.94. The molecule has 1 aromatic rings. The summed E-state index contributed by atoms with van der Waals surface area (Å²) in [4.78, 5) is 21.8. The third-order valence-electron chi connectivity index (χ3n) is 5.36. The molecule has 1 amide bonds. The van der Waals surface area contributed by atoms with Crippen LogP contribution in [-0.4, -0.2) is 59.0 Å². The molecular weight excluding hydrogens is 312 g/mol. The van der Waals surface area contributed by atoms with Crippen molar-refractivity contribution in [1.82, 2.24) is 14.8 Å². The van der Waals surface area contributed by atoms with Crippen molar-refractivity contribution in [3.8, 4) is 0 Å². The number of pyridine rings is 1. The highest BCUT2D eigenvalue weighted by Crippen LogP contribution is 2.23. The molecule has 1 N–H and O–H groups in total. The molecule has 2 heterocycles. The lowest BCUT2D eigenvalue weighted by Crippen LogP contribution is -2.40. The van der Waals surface area contributed by atoms with Gasteiger partial charge in [-0.15, -0.1) is 0 Å². The van der Waals surface area contributed by atoms with Gasteiger partial charge in [-0.3, -0.25) is 9.69 Å². The molecule has 0 spiro atoms. The van der Waals surface area contributed by atoms with Crippen molar-refractivity contribution in [2.45, 2.75) is 64.5 Å². The Morgan fingerprint density at radius 3 is 2.56 bits per heavy atom. The standard InChI is InChI=1S/C20H32N4O/c1-16(2)22-19-10-9-17(15-21-19)20(25)24-12-6-11-23(13-14-24)18-7-4-3-5-8-18/h9-10,15-16,18H,3-8,11-14H2,1-2H3,(H,21,22). The number of carbonyl (C=O) groups excluding carboxylic acids is 1. The van der Waals surface area contributed by atoms with Gasteiger partial charge >= 0.3 is 0 Å². The van der Waals surface area contributed by atoms with Crippen LogP contribution in [0.1, 0.15) is 62.7 Å². The Kier molecular flexibility index (Phi) is 6.29. The van der Waals surface area contributed by atoms with Crippen LogP contribution >= 0.6 is 0 Å². The summed E-state index contributed by atoms with van der Waals surface area (Å²) in [5.41, 5.74) is 0.695. The van der Waals surface area contributed by atoms with Gasteiger partial charge in [0.2, 0.25) is 0 Å². The number of nitrogens with zero attached hydrogens (tertiary/aromatic N) is 3. The van der Waals surface area contributed by atoms with Crippen LogP contribution in [0.25, 0.3) is 0 Å². The number of anilines is 1.